The number of carbonyl (C=O) groups excluding carboxylic acids is 2. The molecule has 3 amide bonds. The minimum atomic E-state index is -0.386. The minimum absolute atomic E-state index is 0.112. The van der Waals surface area contributed by atoms with Crippen LogP contribution in [-0.4, -0.2) is 16.9 Å². The standard InChI is InChI=1S/C18H15ClN4O2S/c19-12-6-8-14(9-7-12)20-16(24)10-15-11-26-18(22-15)23-17(25)21-13-4-2-1-3-5-13/h1-9,11H,10H2,(H,20,24)(H2,21,22,23,25). The fraction of sp³-hybridized carbons (Fsp3) is 0.0556. The molecule has 0 aliphatic rings. The Hall–Kier alpha value is -2.90. The van der Waals surface area contributed by atoms with Gasteiger partial charge in [0.25, 0.3) is 0 Å². The Morgan fingerprint density at radius 1 is 0.923 bits per heavy atom. The Labute approximate surface area is 159 Å². The number of nitrogens with one attached hydrogen (secondary N) is 3. The summed E-state index contributed by atoms with van der Waals surface area (Å²) in [5.74, 6) is -0.196. The third-order valence-electron chi connectivity index (χ3n) is 3.27. The number of urea groups is 1. The van der Waals surface area contributed by atoms with Gasteiger partial charge < -0.3 is 10.6 Å². The summed E-state index contributed by atoms with van der Waals surface area (Å²) in [4.78, 5) is 28.2. The zero-order valence-corrected chi connectivity index (χ0v) is 15.1. The molecular formula is C18H15ClN4O2S. The predicted octanol–water partition coefficient (Wildman–Crippen LogP) is 4.62. The van der Waals surface area contributed by atoms with Crippen LogP contribution in [0.4, 0.5) is 21.3 Å². The molecule has 0 spiro atoms. The van der Waals surface area contributed by atoms with Gasteiger partial charge in [-0.15, -0.1) is 11.3 Å². The third-order valence-corrected chi connectivity index (χ3v) is 4.33. The van der Waals surface area contributed by atoms with Crippen molar-refractivity contribution >= 4 is 51.4 Å². The van der Waals surface area contributed by atoms with E-state index < -0.39 is 0 Å². The summed E-state index contributed by atoms with van der Waals surface area (Å²) in [6, 6.07) is 15.6. The molecule has 2 aromatic carbocycles. The second kappa shape index (κ2) is 8.46. The van der Waals surface area contributed by atoms with Crippen molar-refractivity contribution in [3.63, 3.8) is 0 Å². The summed E-state index contributed by atoms with van der Waals surface area (Å²) in [7, 11) is 0. The van der Waals surface area contributed by atoms with Crippen LogP contribution in [-0.2, 0) is 11.2 Å². The molecule has 6 nitrogen and oxygen atoms in total. The maximum absolute atomic E-state index is 12.1. The summed E-state index contributed by atoms with van der Waals surface area (Å²) in [6.45, 7) is 0. The maximum Gasteiger partial charge on any atom is 0.325 e. The molecule has 0 bridgehead atoms. The van der Waals surface area contributed by atoms with Gasteiger partial charge >= 0.3 is 6.03 Å². The van der Waals surface area contributed by atoms with Crippen molar-refractivity contribution in [2.75, 3.05) is 16.0 Å². The number of amides is 3. The Morgan fingerprint density at radius 3 is 2.35 bits per heavy atom. The number of rotatable bonds is 5. The average Bonchev–Trinajstić information content (AvgIpc) is 3.04. The highest BCUT2D eigenvalue weighted by Crippen LogP contribution is 2.18. The van der Waals surface area contributed by atoms with Crippen molar-refractivity contribution in [2.24, 2.45) is 0 Å². The molecule has 0 radical (unpaired) electrons. The maximum atomic E-state index is 12.1. The largest absolute Gasteiger partial charge is 0.326 e. The normalized spacial score (nSPS) is 10.2. The number of carbonyl (C=O) groups is 2. The van der Waals surface area contributed by atoms with Gasteiger partial charge in [-0.3, -0.25) is 10.1 Å². The van der Waals surface area contributed by atoms with Crippen molar-refractivity contribution in [1.29, 1.82) is 0 Å². The second-order valence-electron chi connectivity index (χ2n) is 5.32. The molecule has 1 heterocycles. The van der Waals surface area contributed by atoms with Gasteiger partial charge in [0.2, 0.25) is 5.91 Å². The van der Waals surface area contributed by atoms with E-state index in [1.807, 2.05) is 18.2 Å². The molecule has 0 unspecified atom stereocenters. The fourth-order valence-corrected chi connectivity index (χ4v) is 2.96. The van der Waals surface area contributed by atoms with Crippen LogP contribution >= 0.6 is 22.9 Å². The molecule has 0 saturated heterocycles. The van der Waals surface area contributed by atoms with Crippen molar-refractivity contribution in [2.45, 2.75) is 6.42 Å². The molecule has 0 atom stereocenters. The SMILES string of the molecule is O=C(Cc1csc(NC(=O)Nc2ccccc2)n1)Nc1ccc(Cl)cc1. The van der Waals surface area contributed by atoms with E-state index in [0.717, 1.165) is 0 Å². The van der Waals surface area contributed by atoms with E-state index in [9.17, 15) is 9.59 Å². The number of thiazole rings is 1. The van der Waals surface area contributed by atoms with E-state index >= 15 is 0 Å². The highest BCUT2D eigenvalue weighted by Gasteiger charge is 2.10. The van der Waals surface area contributed by atoms with Gasteiger partial charge in [0, 0.05) is 21.8 Å². The van der Waals surface area contributed by atoms with Crippen molar-refractivity contribution < 1.29 is 9.59 Å². The lowest BCUT2D eigenvalue weighted by molar-refractivity contribution is -0.115. The van der Waals surface area contributed by atoms with E-state index in [4.69, 9.17) is 11.6 Å². The van der Waals surface area contributed by atoms with Crippen LogP contribution in [0, 0.1) is 0 Å². The molecule has 132 valence electrons. The van der Waals surface area contributed by atoms with E-state index in [1.165, 1.54) is 11.3 Å². The van der Waals surface area contributed by atoms with Gasteiger partial charge in [-0.05, 0) is 36.4 Å². The van der Waals surface area contributed by atoms with Gasteiger partial charge in [-0.1, -0.05) is 29.8 Å². The van der Waals surface area contributed by atoms with Gasteiger partial charge in [-0.25, -0.2) is 9.78 Å². The van der Waals surface area contributed by atoms with Crippen LogP contribution in [0.1, 0.15) is 5.69 Å². The summed E-state index contributed by atoms with van der Waals surface area (Å²) < 4.78 is 0. The molecule has 0 aliphatic heterocycles. The molecule has 1 aromatic heterocycles. The summed E-state index contributed by atoms with van der Waals surface area (Å²) in [6.07, 6.45) is 0.112. The van der Waals surface area contributed by atoms with E-state index in [2.05, 4.69) is 20.9 Å². The first-order chi connectivity index (χ1) is 12.6. The van der Waals surface area contributed by atoms with Gasteiger partial charge in [0.05, 0.1) is 12.1 Å². The zero-order valence-electron chi connectivity index (χ0n) is 13.5. The molecule has 3 aromatic rings. The minimum Gasteiger partial charge on any atom is -0.326 e. The third kappa shape index (κ3) is 5.30. The highest BCUT2D eigenvalue weighted by molar-refractivity contribution is 7.14. The highest BCUT2D eigenvalue weighted by atomic mass is 35.5. The quantitative estimate of drug-likeness (QED) is 0.598. The smallest absolute Gasteiger partial charge is 0.325 e. The molecule has 0 aliphatic carbocycles. The van der Waals surface area contributed by atoms with E-state index in [1.54, 1.807) is 41.8 Å². The fourth-order valence-electron chi connectivity index (χ4n) is 2.13. The van der Waals surface area contributed by atoms with Crippen molar-refractivity contribution in [3.8, 4) is 0 Å². The van der Waals surface area contributed by atoms with Crippen LogP contribution in [0.25, 0.3) is 0 Å². The van der Waals surface area contributed by atoms with Gasteiger partial charge in [0.15, 0.2) is 5.13 Å². The van der Waals surface area contributed by atoms with Gasteiger partial charge in [0.1, 0.15) is 0 Å². The van der Waals surface area contributed by atoms with Crippen LogP contribution in [0.3, 0.4) is 0 Å². The van der Waals surface area contributed by atoms with Crippen LogP contribution in [0.15, 0.2) is 60.0 Å². The lowest BCUT2D eigenvalue weighted by Crippen LogP contribution is -2.19. The number of halogens is 1. The number of benzene rings is 2. The Bertz CT molecular complexity index is 897. The lowest BCUT2D eigenvalue weighted by atomic mass is 10.3. The number of nitrogens with zero attached hydrogens (tertiary/aromatic N) is 1. The predicted molar refractivity (Wildman–Crippen MR) is 105 cm³/mol. The first-order valence-corrected chi connectivity index (χ1v) is 8.97. The van der Waals surface area contributed by atoms with E-state index in [0.29, 0.717) is 27.2 Å². The number of para-hydroxylation sites is 1. The Balaban J connectivity index is 1.51. The molecule has 8 heteroatoms. The topological polar surface area (TPSA) is 83.1 Å². The van der Waals surface area contributed by atoms with Crippen molar-refractivity contribution in [3.05, 3.63) is 70.7 Å². The summed E-state index contributed by atoms with van der Waals surface area (Å²) in [5.41, 5.74) is 1.93. The first-order valence-electron chi connectivity index (χ1n) is 7.71. The second-order valence-corrected chi connectivity index (χ2v) is 6.62. The van der Waals surface area contributed by atoms with Crippen LogP contribution in [0.2, 0.25) is 5.02 Å². The zero-order chi connectivity index (χ0) is 18.4. The number of aromatic nitrogens is 1. The lowest BCUT2D eigenvalue weighted by Gasteiger charge is -2.05. The van der Waals surface area contributed by atoms with Crippen molar-refractivity contribution in [1.82, 2.24) is 4.98 Å². The summed E-state index contributed by atoms with van der Waals surface area (Å²) in [5, 5.41) is 10.9. The molecular weight excluding hydrogens is 372 g/mol. The van der Waals surface area contributed by atoms with Crippen LogP contribution in [0.5, 0.6) is 0 Å². The number of hydrogen-bond acceptors (Lipinski definition) is 4. The van der Waals surface area contributed by atoms with Gasteiger partial charge in [-0.2, -0.15) is 0 Å². The molecule has 0 saturated carbocycles. The Kier molecular flexibility index (Phi) is 5.83. The Morgan fingerprint density at radius 2 is 1.62 bits per heavy atom. The number of anilines is 3. The molecule has 3 rings (SSSR count). The van der Waals surface area contributed by atoms with E-state index in [-0.39, 0.29) is 18.4 Å². The first kappa shape index (κ1) is 17.9. The monoisotopic (exact) mass is 386 g/mol. The molecule has 26 heavy (non-hydrogen) atoms. The summed E-state index contributed by atoms with van der Waals surface area (Å²) >= 11 is 7.07. The average molecular weight is 387 g/mol. The number of hydrogen-bond donors (Lipinski definition) is 3. The molecule has 0 fully saturated rings. The molecule has 3 N–H and O–H groups in total. The van der Waals surface area contributed by atoms with Crippen LogP contribution < -0.4 is 16.0 Å².